The molecule has 0 spiro atoms. The smallest absolute Gasteiger partial charge is 0.428 e. The van der Waals surface area contributed by atoms with Crippen LogP contribution in [-0.2, 0) is 11.3 Å². The minimum absolute atomic E-state index is 0.227. The molecule has 1 amide bonds. The number of rotatable bonds is 4. The minimum atomic E-state index is -0.594. The second kappa shape index (κ2) is 6.56. The fourth-order valence-electron chi connectivity index (χ4n) is 0.906. The summed E-state index contributed by atoms with van der Waals surface area (Å²) in [5, 5.41) is 3.53. The largest absolute Gasteiger partial charge is 0.443 e. The summed E-state index contributed by atoms with van der Waals surface area (Å²) < 4.78 is 4.87. The summed E-state index contributed by atoms with van der Waals surface area (Å²) in [6, 6.07) is 9.40. The predicted octanol–water partition coefficient (Wildman–Crippen LogP) is 0.857. The number of carbonyl (C=O) groups excluding carboxylic acids is 1. The molecule has 0 bridgehead atoms. The van der Waals surface area contributed by atoms with Crippen LogP contribution in [0, 0.1) is 0 Å². The zero-order chi connectivity index (χ0) is 10.9. The van der Waals surface area contributed by atoms with Crippen molar-refractivity contribution in [3.05, 3.63) is 35.9 Å². The van der Waals surface area contributed by atoms with E-state index < -0.39 is 6.09 Å². The van der Waals surface area contributed by atoms with Crippen molar-refractivity contribution < 1.29 is 9.53 Å². The molecule has 0 aliphatic heterocycles. The van der Waals surface area contributed by atoms with Crippen molar-refractivity contribution in [3.8, 4) is 0 Å². The van der Waals surface area contributed by atoms with Gasteiger partial charge in [-0.3, -0.25) is 0 Å². The third-order valence-corrected chi connectivity index (χ3v) is 1.57. The molecular formula is C10H13N3O2. The third kappa shape index (κ3) is 4.78. The molecule has 5 nitrogen and oxygen atoms in total. The second-order valence-electron chi connectivity index (χ2n) is 2.72. The van der Waals surface area contributed by atoms with Crippen LogP contribution in [0.4, 0.5) is 4.79 Å². The summed E-state index contributed by atoms with van der Waals surface area (Å²) >= 11 is 0. The van der Waals surface area contributed by atoms with Crippen molar-refractivity contribution in [1.29, 1.82) is 0 Å². The summed E-state index contributed by atoms with van der Waals surface area (Å²) in [5.41, 5.74) is 8.25. The van der Waals surface area contributed by atoms with E-state index in [1.54, 1.807) is 0 Å². The number of ether oxygens (including phenoxy) is 1. The first kappa shape index (κ1) is 11.2. The molecule has 15 heavy (non-hydrogen) atoms. The van der Waals surface area contributed by atoms with Gasteiger partial charge in [0.1, 0.15) is 6.61 Å². The molecule has 0 aliphatic carbocycles. The molecule has 0 unspecified atom stereocenters. The Bertz CT molecular complexity index is 325. The number of benzene rings is 1. The number of nitrogens with one attached hydrogen (secondary N) is 1. The lowest BCUT2D eigenvalue weighted by molar-refractivity contribution is 0.140. The van der Waals surface area contributed by atoms with Crippen molar-refractivity contribution >= 4 is 12.3 Å². The fourth-order valence-corrected chi connectivity index (χ4v) is 0.906. The average Bonchev–Trinajstić information content (AvgIpc) is 2.28. The highest BCUT2D eigenvalue weighted by molar-refractivity contribution is 5.69. The van der Waals surface area contributed by atoms with Crippen molar-refractivity contribution in [2.24, 2.45) is 10.8 Å². The van der Waals surface area contributed by atoms with E-state index in [1.165, 1.54) is 6.21 Å². The van der Waals surface area contributed by atoms with Crippen LogP contribution in [0.3, 0.4) is 0 Å². The van der Waals surface area contributed by atoms with Crippen LogP contribution in [0.15, 0.2) is 35.4 Å². The van der Waals surface area contributed by atoms with Gasteiger partial charge in [0, 0.05) is 12.8 Å². The Morgan fingerprint density at radius 1 is 1.47 bits per heavy atom. The van der Waals surface area contributed by atoms with Crippen LogP contribution >= 0.6 is 0 Å². The zero-order valence-corrected chi connectivity index (χ0v) is 8.22. The summed E-state index contributed by atoms with van der Waals surface area (Å²) in [4.78, 5) is 11.0. The number of hydrogen-bond acceptors (Lipinski definition) is 4. The SMILES string of the molecule is NCC=NNC(=O)OCc1ccccc1. The number of carbonyl (C=O) groups is 1. The van der Waals surface area contributed by atoms with Crippen molar-refractivity contribution in [1.82, 2.24) is 5.43 Å². The van der Waals surface area contributed by atoms with Gasteiger partial charge < -0.3 is 10.5 Å². The Morgan fingerprint density at radius 2 is 2.20 bits per heavy atom. The van der Waals surface area contributed by atoms with Gasteiger partial charge >= 0.3 is 6.09 Å². The van der Waals surface area contributed by atoms with Gasteiger partial charge in [0.25, 0.3) is 0 Å². The summed E-state index contributed by atoms with van der Waals surface area (Å²) in [7, 11) is 0. The van der Waals surface area contributed by atoms with Crippen molar-refractivity contribution in [2.75, 3.05) is 6.54 Å². The first-order chi connectivity index (χ1) is 7.33. The molecule has 0 aromatic heterocycles. The molecule has 1 aromatic carbocycles. The highest BCUT2D eigenvalue weighted by Gasteiger charge is 1.99. The molecule has 0 atom stereocenters. The van der Waals surface area contributed by atoms with Gasteiger partial charge in [-0.25, -0.2) is 10.2 Å². The number of nitrogens with two attached hydrogens (primary N) is 1. The van der Waals surface area contributed by atoms with E-state index in [2.05, 4.69) is 10.5 Å². The van der Waals surface area contributed by atoms with E-state index in [-0.39, 0.29) is 13.2 Å². The standard InChI is InChI=1S/C10H13N3O2/c11-6-7-12-13-10(14)15-8-9-4-2-1-3-5-9/h1-5,7H,6,8,11H2,(H,13,14). The Hall–Kier alpha value is -1.88. The summed E-state index contributed by atoms with van der Waals surface area (Å²) in [6.07, 6.45) is 0.785. The second-order valence-corrected chi connectivity index (χ2v) is 2.72. The molecule has 1 rings (SSSR count). The molecule has 0 fully saturated rings. The lowest BCUT2D eigenvalue weighted by Crippen LogP contribution is -2.19. The predicted molar refractivity (Wildman–Crippen MR) is 57.3 cm³/mol. The van der Waals surface area contributed by atoms with Crippen LogP contribution in [0.1, 0.15) is 5.56 Å². The van der Waals surface area contributed by atoms with Crippen LogP contribution < -0.4 is 11.2 Å². The molecule has 0 radical (unpaired) electrons. The quantitative estimate of drug-likeness (QED) is 0.567. The van der Waals surface area contributed by atoms with E-state index >= 15 is 0 Å². The zero-order valence-electron chi connectivity index (χ0n) is 8.22. The maximum Gasteiger partial charge on any atom is 0.428 e. The van der Waals surface area contributed by atoms with Gasteiger partial charge in [-0.1, -0.05) is 30.3 Å². The van der Waals surface area contributed by atoms with Gasteiger partial charge in [-0.2, -0.15) is 5.10 Å². The highest BCUT2D eigenvalue weighted by Crippen LogP contribution is 2.00. The fraction of sp³-hybridized carbons (Fsp3) is 0.200. The van der Waals surface area contributed by atoms with Gasteiger partial charge in [0.2, 0.25) is 0 Å². The van der Waals surface area contributed by atoms with Gasteiger partial charge in [-0.05, 0) is 5.56 Å². The Kier molecular flexibility index (Phi) is 4.89. The first-order valence-electron chi connectivity index (χ1n) is 4.51. The van der Waals surface area contributed by atoms with Crippen molar-refractivity contribution in [2.45, 2.75) is 6.61 Å². The number of hydrazone groups is 1. The van der Waals surface area contributed by atoms with Crippen LogP contribution in [0.5, 0.6) is 0 Å². The van der Waals surface area contributed by atoms with Crippen molar-refractivity contribution in [3.63, 3.8) is 0 Å². The van der Waals surface area contributed by atoms with Crippen LogP contribution in [0.2, 0.25) is 0 Å². The van der Waals surface area contributed by atoms with E-state index in [4.69, 9.17) is 10.5 Å². The van der Waals surface area contributed by atoms with E-state index in [1.807, 2.05) is 30.3 Å². The number of hydrogen-bond donors (Lipinski definition) is 2. The number of nitrogens with zero attached hydrogens (tertiary/aromatic N) is 1. The Morgan fingerprint density at radius 3 is 2.87 bits per heavy atom. The van der Waals surface area contributed by atoms with Gasteiger partial charge in [0.15, 0.2) is 0 Å². The molecule has 0 aliphatic rings. The Labute approximate surface area is 87.9 Å². The molecule has 0 heterocycles. The number of amides is 1. The van der Waals surface area contributed by atoms with E-state index in [0.29, 0.717) is 0 Å². The van der Waals surface area contributed by atoms with Crippen LogP contribution in [0.25, 0.3) is 0 Å². The van der Waals surface area contributed by atoms with Gasteiger partial charge in [0.05, 0.1) is 0 Å². The molecule has 1 aromatic rings. The molecular weight excluding hydrogens is 194 g/mol. The average molecular weight is 207 g/mol. The lowest BCUT2D eigenvalue weighted by atomic mass is 10.2. The highest BCUT2D eigenvalue weighted by atomic mass is 16.5. The Balaban J connectivity index is 2.26. The van der Waals surface area contributed by atoms with Crippen LogP contribution in [-0.4, -0.2) is 18.9 Å². The summed E-state index contributed by atoms with van der Waals surface area (Å²) in [6.45, 7) is 0.504. The summed E-state index contributed by atoms with van der Waals surface area (Å²) in [5.74, 6) is 0. The normalized spacial score (nSPS) is 10.2. The molecule has 80 valence electrons. The lowest BCUT2D eigenvalue weighted by Gasteiger charge is -2.02. The molecule has 3 N–H and O–H groups in total. The third-order valence-electron chi connectivity index (χ3n) is 1.57. The maximum absolute atomic E-state index is 11.0. The van der Waals surface area contributed by atoms with Gasteiger partial charge in [-0.15, -0.1) is 0 Å². The molecule has 5 heteroatoms. The monoisotopic (exact) mass is 207 g/mol. The maximum atomic E-state index is 11.0. The minimum Gasteiger partial charge on any atom is -0.443 e. The molecule has 0 saturated carbocycles. The first-order valence-corrected chi connectivity index (χ1v) is 4.51. The molecule has 0 saturated heterocycles. The van der Waals surface area contributed by atoms with E-state index in [9.17, 15) is 4.79 Å². The topological polar surface area (TPSA) is 76.7 Å². The van der Waals surface area contributed by atoms with E-state index in [0.717, 1.165) is 5.56 Å².